The van der Waals surface area contributed by atoms with Gasteiger partial charge >= 0.3 is 0 Å². The van der Waals surface area contributed by atoms with Gasteiger partial charge in [0.2, 0.25) is 0 Å². The highest BCUT2D eigenvalue weighted by molar-refractivity contribution is 5.51. The predicted molar refractivity (Wildman–Crippen MR) is 70.3 cm³/mol. The summed E-state index contributed by atoms with van der Waals surface area (Å²) in [6.07, 6.45) is 3.61. The monoisotopic (exact) mass is 221 g/mol. The summed E-state index contributed by atoms with van der Waals surface area (Å²) in [7, 11) is 1.71. The molecule has 2 heteroatoms. The zero-order valence-electron chi connectivity index (χ0n) is 10.8. The fourth-order valence-corrected chi connectivity index (χ4v) is 1.93. The molecular weight excluding hydrogens is 198 g/mol. The molecule has 90 valence electrons. The summed E-state index contributed by atoms with van der Waals surface area (Å²) in [4.78, 5) is 0. The second kappa shape index (κ2) is 6.41. The Bertz CT molecular complexity index is 323. The van der Waals surface area contributed by atoms with E-state index in [9.17, 15) is 0 Å². The van der Waals surface area contributed by atoms with Gasteiger partial charge in [0.25, 0.3) is 0 Å². The van der Waals surface area contributed by atoms with E-state index < -0.39 is 0 Å². The lowest BCUT2D eigenvalue weighted by Gasteiger charge is -2.18. The SMILES string of the molecule is CCCC(CC)Nc1ccc(OC)c(C)c1. The van der Waals surface area contributed by atoms with Crippen LogP contribution in [0.1, 0.15) is 38.7 Å². The van der Waals surface area contributed by atoms with Crippen LogP contribution in [0.4, 0.5) is 5.69 Å². The third kappa shape index (κ3) is 3.44. The summed E-state index contributed by atoms with van der Waals surface area (Å²) in [5.41, 5.74) is 2.37. The molecule has 0 aliphatic rings. The molecule has 16 heavy (non-hydrogen) atoms. The van der Waals surface area contributed by atoms with Crippen molar-refractivity contribution in [2.45, 2.75) is 46.1 Å². The van der Waals surface area contributed by atoms with Crippen LogP contribution < -0.4 is 10.1 Å². The average molecular weight is 221 g/mol. The van der Waals surface area contributed by atoms with Crippen molar-refractivity contribution in [3.63, 3.8) is 0 Å². The van der Waals surface area contributed by atoms with Crippen LogP contribution in [0.3, 0.4) is 0 Å². The Labute approximate surface area is 99.0 Å². The summed E-state index contributed by atoms with van der Waals surface area (Å²) in [5.74, 6) is 0.953. The molecule has 0 saturated carbocycles. The van der Waals surface area contributed by atoms with Gasteiger partial charge in [0, 0.05) is 11.7 Å². The molecule has 0 radical (unpaired) electrons. The van der Waals surface area contributed by atoms with Gasteiger partial charge < -0.3 is 10.1 Å². The van der Waals surface area contributed by atoms with Crippen molar-refractivity contribution in [3.8, 4) is 5.75 Å². The summed E-state index contributed by atoms with van der Waals surface area (Å²) < 4.78 is 5.25. The Balaban J connectivity index is 2.69. The van der Waals surface area contributed by atoms with Gasteiger partial charge in [-0.25, -0.2) is 0 Å². The van der Waals surface area contributed by atoms with Gasteiger partial charge in [-0.15, -0.1) is 0 Å². The molecule has 0 spiro atoms. The smallest absolute Gasteiger partial charge is 0.121 e. The summed E-state index contributed by atoms with van der Waals surface area (Å²) >= 11 is 0. The number of methoxy groups -OCH3 is 1. The molecule has 0 heterocycles. The highest BCUT2D eigenvalue weighted by Gasteiger charge is 2.05. The molecule has 2 nitrogen and oxygen atoms in total. The van der Waals surface area contributed by atoms with Crippen LogP contribution in [0.2, 0.25) is 0 Å². The van der Waals surface area contributed by atoms with Crippen molar-refractivity contribution in [1.29, 1.82) is 0 Å². The normalized spacial score (nSPS) is 12.2. The van der Waals surface area contributed by atoms with Gasteiger partial charge in [0.05, 0.1) is 7.11 Å². The van der Waals surface area contributed by atoms with Crippen molar-refractivity contribution in [1.82, 2.24) is 0 Å². The number of nitrogens with one attached hydrogen (secondary N) is 1. The second-order valence-electron chi connectivity index (χ2n) is 4.22. The van der Waals surface area contributed by atoms with E-state index in [1.165, 1.54) is 30.5 Å². The van der Waals surface area contributed by atoms with Gasteiger partial charge in [0.1, 0.15) is 5.75 Å². The van der Waals surface area contributed by atoms with Gasteiger partial charge in [-0.2, -0.15) is 0 Å². The zero-order valence-corrected chi connectivity index (χ0v) is 10.8. The van der Waals surface area contributed by atoms with Crippen LogP contribution in [0.5, 0.6) is 5.75 Å². The van der Waals surface area contributed by atoms with Gasteiger partial charge in [0.15, 0.2) is 0 Å². The Morgan fingerprint density at radius 1 is 1.31 bits per heavy atom. The second-order valence-corrected chi connectivity index (χ2v) is 4.22. The molecule has 0 fully saturated rings. The number of benzene rings is 1. The third-order valence-corrected chi connectivity index (χ3v) is 2.90. The van der Waals surface area contributed by atoms with E-state index in [2.05, 4.69) is 38.2 Å². The molecule has 1 rings (SSSR count). The van der Waals surface area contributed by atoms with E-state index in [1.54, 1.807) is 7.11 Å². The Morgan fingerprint density at radius 2 is 2.06 bits per heavy atom. The number of rotatable bonds is 6. The molecule has 0 aromatic heterocycles. The maximum absolute atomic E-state index is 5.25. The first kappa shape index (κ1) is 12.9. The number of hydrogen-bond acceptors (Lipinski definition) is 2. The van der Waals surface area contributed by atoms with E-state index in [0.717, 1.165) is 5.75 Å². The first-order chi connectivity index (χ1) is 7.71. The minimum atomic E-state index is 0.581. The molecule has 0 bridgehead atoms. The van der Waals surface area contributed by atoms with Crippen LogP contribution in [0.25, 0.3) is 0 Å². The summed E-state index contributed by atoms with van der Waals surface area (Å²) in [6.45, 7) is 6.53. The minimum absolute atomic E-state index is 0.581. The first-order valence-electron chi connectivity index (χ1n) is 6.12. The van der Waals surface area contributed by atoms with Gasteiger partial charge in [-0.3, -0.25) is 0 Å². The maximum atomic E-state index is 5.25. The Kier molecular flexibility index (Phi) is 5.17. The third-order valence-electron chi connectivity index (χ3n) is 2.90. The van der Waals surface area contributed by atoms with E-state index in [4.69, 9.17) is 4.74 Å². The molecule has 0 aliphatic heterocycles. The largest absolute Gasteiger partial charge is 0.496 e. The van der Waals surface area contributed by atoms with Gasteiger partial charge in [-0.1, -0.05) is 20.3 Å². The van der Waals surface area contributed by atoms with Crippen molar-refractivity contribution >= 4 is 5.69 Å². The number of anilines is 1. The van der Waals surface area contributed by atoms with E-state index in [0.29, 0.717) is 6.04 Å². The van der Waals surface area contributed by atoms with Crippen LogP contribution in [0, 0.1) is 6.92 Å². The standard InChI is InChI=1S/C14H23NO/c1-5-7-12(6-2)15-13-8-9-14(16-4)11(3)10-13/h8-10,12,15H,5-7H2,1-4H3. The quantitative estimate of drug-likeness (QED) is 0.784. The lowest BCUT2D eigenvalue weighted by Crippen LogP contribution is -2.17. The first-order valence-corrected chi connectivity index (χ1v) is 6.12. The van der Waals surface area contributed by atoms with Gasteiger partial charge in [-0.05, 0) is 43.5 Å². The average Bonchev–Trinajstić information content (AvgIpc) is 2.28. The minimum Gasteiger partial charge on any atom is -0.496 e. The molecule has 0 amide bonds. The lowest BCUT2D eigenvalue weighted by atomic mass is 10.1. The molecule has 1 N–H and O–H groups in total. The zero-order chi connectivity index (χ0) is 12.0. The molecule has 1 unspecified atom stereocenters. The predicted octanol–water partition coefficient (Wildman–Crippen LogP) is 3.99. The Morgan fingerprint density at radius 3 is 2.56 bits per heavy atom. The highest BCUT2D eigenvalue weighted by Crippen LogP contribution is 2.22. The number of ether oxygens (including phenoxy) is 1. The van der Waals surface area contributed by atoms with Crippen molar-refractivity contribution in [2.24, 2.45) is 0 Å². The van der Waals surface area contributed by atoms with Crippen LogP contribution in [-0.2, 0) is 0 Å². The fraction of sp³-hybridized carbons (Fsp3) is 0.571. The number of aryl methyl sites for hydroxylation is 1. The summed E-state index contributed by atoms with van der Waals surface area (Å²) in [6, 6.07) is 6.84. The molecule has 0 aliphatic carbocycles. The summed E-state index contributed by atoms with van der Waals surface area (Å²) in [5, 5.41) is 3.57. The molecule has 1 atom stereocenters. The highest BCUT2D eigenvalue weighted by atomic mass is 16.5. The van der Waals surface area contributed by atoms with Crippen molar-refractivity contribution in [2.75, 3.05) is 12.4 Å². The molecular formula is C14H23NO. The van der Waals surface area contributed by atoms with Crippen molar-refractivity contribution in [3.05, 3.63) is 23.8 Å². The van der Waals surface area contributed by atoms with Crippen LogP contribution >= 0.6 is 0 Å². The molecule has 0 saturated heterocycles. The Hall–Kier alpha value is -1.18. The van der Waals surface area contributed by atoms with Crippen molar-refractivity contribution < 1.29 is 4.74 Å². The topological polar surface area (TPSA) is 21.3 Å². The van der Waals surface area contributed by atoms with Crippen LogP contribution in [-0.4, -0.2) is 13.2 Å². The van der Waals surface area contributed by atoms with Crippen LogP contribution in [0.15, 0.2) is 18.2 Å². The molecule has 1 aromatic rings. The van der Waals surface area contributed by atoms with E-state index in [-0.39, 0.29) is 0 Å². The van der Waals surface area contributed by atoms with E-state index in [1.807, 2.05) is 6.07 Å². The number of hydrogen-bond donors (Lipinski definition) is 1. The maximum Gasteiger partial charge on any atom is 0.121 e. The fourth-order valence-electron chi connectivity index (χ4n) is 1.93. The van der Waals surface area contributed by atoms with E-state index >= 15 is 0 Å². The molecule has 1 aromatic carbocycles. The lowest BCUT2D eigenvalue weighted by molar-refractivity contribution is 0.411.